The molecule has 2 rings (SSSR count). The lowest BCUT2D eigenvalue weighted by Gasteiger charge is -2.20. The third-order valence-corrected chi connectivity index (χ3v) is 5.53. The highest BCUT2D eigenvalue weighted by Crippen LogP contribution is 2.30. The van der Waals surface area contributed by atoms with Gasteiger partial charge in [0.05, 0.1) is 16.9 Å². The SMILES string of the molecule is C[C@@]1(C(=O)O)CCN(C(=O)CCCOc2ccc(S(C)(=O)=O)cc2)C1. The Kier molecular flexibility index (Phi) is 5.72. The van der Waals surface area contributed by atoms with Crippen LogP contribution in [-0.4, -0.2) is 56.3 Å². The van der Waals surface area contributed by atoms with E-state index in [0.717, 1.165) is 6.26 Å². The zero-order valence-electron chi connectivity index (χ0n) is 14.4. The second-order valence-corrected chi connectivity index (χ2v) is 8.64. The third-order valence-electron chi connectivity index (χ3n) is 4.40. The van der Waals surface area contributed by atoms with E-state index in [1.807, 2.05) is 0 Å². The Morgan fingerprint density at radius 2 is 1.92 bits per heavy atom. The van der Waals surface area contributed by atoms with Gasteiger partial charge < -0.3 is 14.7 Å². The summed E-state index contributed by atoms with van der Waals surface area (Å²) in [6.45, 7) is 2.70. The van der Waals surface area contributed by atoms with Gasteiger partial charge in [0.2, 0.25) is 5.91 Å². The van der Waals surface area contributed by atoms with Gasteiger partial charge in [-0.05, 0) is 44.0 Å². The average Bonchev–Trinajstić information content (AvgIpc) is 2.95. The maximum Gasteiger partial charge on any atom is 0.311 e. The van der Waals surface area contributed by atoms with Crippen molar-refractivity contribution in [3.8, 4) is 5.75 Å². The highest BCUT2D eigenvalue weighted by atomic mass is 32.2. The first-order chi connectivity index (χ1) is 11.6. The lowest BCUT2D eigenvalue weighted by atomic mass is 9.90. The van der Waals surface area contributed by atoms with Gasteiger partial charge in [-0.15, -0.1) is 0 Å². The lowest BCUT2D eigenvalue weighted by molar-refractivity contribution is -0.147. The Morgan fingerprint density at radius 3 is 2.44 bits per heavy atom. The van der Waals surface area contributed by atoms with Crippen molar-refractivity contribution in [2.24, 2.45) is 5.41 Å². The first-order valence-electron chi connectivity index (χ1n) is 8.06. The number of carbonyl (C=O) groups is 2. The number of nitrogens with zero attached hydrogens (tertiary/aromatic N) is 1. The van der Waals surface area contributed by atoms with Crippen LogP contribution in [0, 0.1) is 5.41 Å². The van der Waals surface area contributed by atoms with Crippen molar-refractivity contribution in [3.05, 3.63) is 24.3 Å². The van der Waals surface area contributed by atoms with Crippen molar-refractivity contribution >= 4 is 21.7 Å². The van der Waals surface area contributed by atoms with E-state index < -0.39 is 21.2 Å². The van der Waals surface area contributed by atoms with E-state index in [1.165, 1.54) is 12.1 Å². The smallest absolute Gasteiger partial charge is 0.311 e. The largest absolute Gasteiger partial charge is 0.494 e. The van der Waals surface area contributed by atoms with E-state index >= 15 is 0 Å². The topological polar surface area (TPSA) is 101 Å². The summed E-state index contributed by atoms with van der Waals surface area (Å²) in [5.41, 5.74) is -0.854. The number of benzene rings is 1. The molecule has 1 aromatic carbocycles. The summed E-state index contributed by atoms with van der Waals surface area (Å²) >= 11 is 0. The van der Waals surface area contributed by atoms with Gasteiger partial charge in [0.1, 0.15) is 5.75 Å². The second kappa shape index (κ2) is 7.43. The number of likely N-dealkylation sites (tertiary alicyclic amines) is 1. The molecule has 0 radical (unpaired) electrons. The van der Waals surface area contributed by atoms with Crippen LogP contribution in [0.2, 0.25) is 0 Å². The number of carboxylic acids is 1. The molecule has 1 fully saturated rings. The van der Waals surface area contributed by atoms with Crippen LogP contribution >= 0.6 is 0 Å². The zero-order valence-corrected chi connectivity index (χ0v) is 15.2. The van der Waals surface area contributed by atoms with Crippen LogP contribution in [0.25, 0.3) is 0 Å². The summed E-state index contributed by atoms with van der Waals surface area (Å²) in [6, 6.07) is 6.12. The minimum atomic E-state index is -3.23. The number of amides is 1. The molecule has 8 heteroatoms. The molecule has 0 saturated carbocycles. The number of sulfone groups is 1. The second-order valence-electron chi connectivity index (χ2n) is 6.63. The normalized spacial score (nSPS) is 20.5. The van der Waals surface area contributed by atoms with Crippen LogP contribution in [0.3, 0.4) is 0 Å². The fourth-order valence-electron chi connectivity index (χ4n) is 2.70. The van der Waals surface area contributed by atoms with Crippen LogP contribution in [0.15, 0.2) is 29.2 Å². The molecule has 1 heterocycles. The Labute approximate surface area is 147 Å². The molecule has 1 aliphatic rings. The van der Waals surface area contributed by atoms with Gasteiger partial charge in [0.15, 0.2) is 9.84 Å². The Morgan fingerprint density at radius 1 is 1.28 bits per heavy atom. The van der Waals surface area contributed by atoms with Crippen molar-refractivity contribution in [1.29, 1.82) is 0 Å². The average molecular weight is 369 g/mol. The molecule has 0 aromatic heterocycles. The number of ether oxygens (including phenoxy) is 1. The summed E-state index contributed by atoms with van der Waals surface area (Å²) in [5.74, 6) is -0.399. The molecule has 1 atom stereocenters. The van der Waals surface area contributed by atoms with E-state index in [1.54, 1.807) is 24.0 Å². The number of hydrogen-bond acceptors (Lipinski definition) is 5. The molecule has 7 nitrogen and oxygen atoms in total. The van der Waals surface area contributed by atoms with E-state index in [9.17, 15) is 23.1 Å². The van der Waals surface area contributed by atoms with Gasteiger partial charge in [-0.25, -0.2) is 8.42 Å². The lowest BCUT2D eigenvalue weighted by Crippen LogP contribution is -2.34. The van der Waals surface area contributed by atoms with Gasteiger partial charge in [-0.1, -0.05) is 0 Å². The molecule has 1 N–H and O–H groups in total. The van der Waals surface area contributed by atoms with Crippen LogP contribution in [-0.2, 0) is 19.4 Å². The predicted octanol–water partition coefficient (Wildman–Crippen LogP) is 1.57. The molecule has 0 unspecified atom stereocenters. The highest BCUT2D eigenvalue weighted by molar-refractivity contribution is 7.90. The fraction of sp³-hybridized carbons (Fsp3) is 0.529. The standard InChI is InChI=1S/C17H23NO6S/c1-17(16(20)21)9-10-18(12-17)15(19)4-3-11-24-13-5-7-14(8-6-13)25(2,22)23/h5-8H,3-4,9-12H2,1-2H3,(H,20,21)/t17-/m1/s1. The van der Waals surface area contributed by atoms with Gasteiger partial charge in [-0.2, -0.15) is 0 Å². The van der Waals surface area contributed by atoms with E-state index in [4.69, 9.17) is 4.74 Å². The first kappa shape index (κ1) is 19.2. The first-order valence-corrected chi connectivity index (χ1v) is 9.95. The van der Waals surface area contributed by atoms with Crippen LogP contribution in [0.4, 0.5) is 0 Å². The third kappa shape index (κ3) is 4.94. The van der Waals surface area contributed by atoms with Crippen molar-refractivity contribution in [2.45, 2.75) is 31.1 Å². The van der Waals surface area contributed by atoms with Gasteiger partial charge in [0.25, 0.3) is 0 Å². The molecule has 1 aliphatic heterocycles. The minimum absolute atomic E-state index is 0.0685. The summed E-state index contributed by atoms with van der Waals surface area (Å²) in [5, 5.41) is 9.19. The molecule has 0 aliphatic carbocycles. The zero-order chi connectivity index (χ0) is 18.7. The van der Waals surface area contributed by atoms with Crippen molar-refractivity contribution in [1.82, 2.24) is 4.90 Å². The van der Waals surface area contributed by atoms with E-state index in [2.05, 4.69) is 0 Å². The maximum absolute atomic E-state index is 12.1. The van der Waals surface area contributed by atoms with Crippen molar-refractivity contribution in [3.63, 3.8) is 0 Å². The number of hydrogen-bond donors (Lipinski definition) is 1. The van der Waals surface area contributed by atoms with Gasteiger partial charge in [-0.3, -0.25) is 9.59 Å². The molecule has 1 amide bonds. The Hall–Kier alpha value is -2.09. The number of carbonyl (C=O) groups excluding carboxylic acids is 1. The number of carboxylic acid groups (broad SMARTS) is 1. The monoisotopic (exact) mass is 369 g/mol. The summed E-state index contributed by atoms with van der Waals surface area (Å²) < 4.78 is 28.3. The quantitative estimate of drug-likeness (QED) is 0.732. The Bertz CT molecular complexity index is 743. The number of aliphatic carboxylic acids is 1. The number of rotatable bonds is 7. The predicted molar refractivity (Wildman–Crippen MR) is 91.2 cm³/mol. The van der Waals surface area contributed by atoms with E-state index in [-0.39, 0.29) is 23.8 Å². The van der Waals surface area contributed by atoms with Crippen LogP contribution in [0.5, 0.6) is 5.75 Å². The summed E-state index contributed by atoms with van der Waals surface area (Å²) in [6.07, 6.45) is 2.41. The molecule has 0 bridgehead atoms. The molecule has 1 aromatic rings. The summed E-state index contributed by atoms with van der Waals surface area (Å²) in [4.78, 5) is 25.2. The molecule has 25 heavy (non-hydrogen) atoms. The maximum atomic E-state index is 12.1. The summed E-state index contributed by atoms with van der Waals surface area (Å²) in [7, 11) is -3.23. The Balaban J connectivity index is 1.74. The van der Waals surface area contributed by atoms with Crippen LogP contribution in [0.1, 0.15) is 26.2 Å². The molecular formula is C17H23NO6S. The fourth-order valence-corrected chi connectivity index (χ4v) is 3.33. The minimum Gasteiger partial charge on any atom is -0.494 e. The highest BCUT2D eigenvalue weighted by Gasteiger charge is 2.41. The van der Waals surface area contributed by atoms with Gasteiger partial charge in [0, 0.05) is 25.8 Å². The molecular weight excluding hydrogens is 346 g/mol. The van der Waals surface area contributed by atoms with E-state index in [0.29, 0.717) is 31.7 Å². The van der Waals surface area contributed by atoms with Crippen LogP contribution < -0.4 is 4.74 Å². The van der Waals surface area contributed by atoms with Crippen molar-refractivity contribution in [2.75, 3.05) is 26.0 Å². The molecule has 1 saturated heterocycles. The van der Waals surface area contributed by atoms with Gasteiger partial charge >= 0.3 is 5.97 Å². The van der Waals surface area contributed by atoms with Crippen molar-refractivity contribution < 1.29 is 27.9 Å². The molecule has 0 spiro atoms. The molecule has 138 valence electrons.